The van der Waals surface area contributed by atoms with Gasteiger partial charge in [-0.2, -0.15) is 0 Å². The van der Waals surface area contributed by atoms with Gasteiger partial charge in [-0.05, 0) is 5.56 Å². The van der Waals surface area contributed by atoms with E-state index in [1.165, 1.54) is 5.56 Å². The van der Waals surface area contributed by atoms with Crippen LogP contribution >= 0.6 is 0 Å². The number of nitrogens with zero attached hydrogens (tertiary/aromatic N) is 4. The van der Waals surface area contributed by atoms with Crippen LogP contribution in [0.5, 0.6) is 0 Å². The van der Waals surface area contributed by atoms with Crippen LogP contribution in [0.2, 0.25) is 0 Å². The van der Waals surface area contributed by atoms with Gasteiger partial charge in [0.2, 0.25) is 5.95 Å². The van der Waals surface area contributed by atoms with Crippen molar-refractivity contribution in [2.24, 2.45) is 7.05 Å². The molecule has 0 amide bonds. The largest absolute Gasteiger partial charge is 0.340 e. The van der Waals surface area contributed by atoms with Crippen molar-refractivity contribution in [2.45, 2.75) is 6.54 Å². The third-order valence-corrected chi connectivity index (χ3v) is 3.49. The molecule has 0 aliphatic carbocycles. The average molecular weight is 278 g/mol. The van der Waals surface area contributed by atoms with E-state index in [-0.39, 0.29) is 0 Å². The van der Waals surface area contributed by atoms with Gasteiger partial charge >= 0.3 is 0 Å². The van der Waals surface area contributed by atoms with E-state index in [0.717, 1.165) is 23.9 Å². The molecule has 1 heterocycles. The van der Waals surface area contributed by atoms with E-state index in [0.29, 0.717) is 0 Å². The van der Waals surface area contributed by atoms with E-state index in [9.17, 15) is 0 Å². The van der Waals surface area contributed by atoms with Crippen molar-refractivity contribution in [3.63, 3.8) is 0 Å². The third kappa shape index (κ3) is 2.79. The second kappa shape index (κ2) is 5.79. The Morgan fingerprint density at radius 3 is 2.19 bits per heavy atom. The molecule has 2 aromatic carbocycles. The van der Waals surface area contributed by atoms with Crippen LogP contribution in [0, 0.1) is 0 Å². The monoisotopic (exact) mass is 278 g/mol. The summed E-state index contributed by atoms with van der Waals surface area (Å²) in [7, 11) is 4.03. The Labute approximate surface area is 124 Å². The first kappa shape index (κ1) is 13.4. The number of hydrogen-bond acceptors (Lipinski definition) is 3. The molecule has 0 atom stereocenters. The third-order valence-electron chi connectivity index (χ3n) is 3.49. The highest BCUT2D eigenvalue weighted by atomic mass is 15.4. The minimum Gasteiger partial charge on any atom is -0.340 e. The second-order valence-corrected chi connectivity index (χ2v) is 5.09. The predicted octanol–water partition coefficient (Wildman–Crippen LogP) is 3.12. The SMILES string of the molecule is CN(Cc1ccccc1)c1nnc(-c2ccccc2)n1C. The maximum atomic E-state index is 4.33. The molecule has 3 aromatic rings. The van der Waals surface area contributed by atoms with Crippen molar-refractivity contribution in [1.82, 2.24) is 14.8 Å². The van der Waals surface area contributed by atoms with Gasteiger partial charge in [0.1, 0.15) is 0 Å². The molecule has 0 N–H and O–H groups in total. The lowest BCUT2D eigenvalue weighted by molar-refractivity contribution is 0.808. The molecule has 3 rings (SSSR count). The molecule has 0 aliphatic heterocycles. The maximum Gasteiger partial charge on any atom is 0.227 e. The molecule has 0 saturated heterocycles. The van der Waals surface area contributed by atoms with Crippen LogP contribution in [0.4, 0.5) is 5.95 Å². The molecular formula is C17H18N4. The van der Waals surface area contributed by atoms with Crippen molar-refractivity contribution < 1.29 is 0 Å². The maximum absolute atomic E-state index is 4.33. The highest BCUT2D eigenvalue weighted by Crippen LogP contribution is 2.21. The summed E-state index contributed by atoms with van der Waals surface area (Å²) in [4.78, 5) is 2.11. The van der Waals surface area contributed by atoms with Gasteiger partial charge in [0.15, 0.2) is 5.82 Å². The van der Waals surface area contributed by atoms with Gasteiger partial charge in [0, 0.05) is 26.2 Å². The quantitative estimate of drug-likeness (QED) is 0.735. The van der Waals surface area contributed by atoms with Crippen molar-refractivity contribution >= 4 is 5.95 Å². The first-order chi connectivity index (χ1) is 10.3. The molecule has 4 heteroatoms. The van der Waals surface area contributed by atoms with Crippen LogP contribution < -0.4 is 4.90 Å². The molecule has 0 saturated carbocycles. The number of hydrogen-bond donors (Lipinski definition) is 0. The number of rotatable bonds is 4. The van der Waals surface area contributed by atoms with Crippen molar-refractivity contribution in [1.29, 1.82) is 0 Å². The zero-order valence-electron chi connectivity index (χ0n) is 12.3. The molecule has 0 bridgehead atoms. The summed E-state index contributed by atoms with van der Waals surface area (Å²) in [5, 5.41) is 8.65. The first-order valence-electron chi connectivity index (χ1n) is 6.95. The van der Waals surface area contributed by atoms with Gasteiger partial charge in [0.25, 0.3) is 0 Å². The zero-order valence-corrected chi connectivity index (χ0v) is 12.3. The Morgan fingerprint density at radius 1 is 0.905 bits per heavy atom. The van der Waals surface area contributed by atoms with Crippen LogP contribution in [-0.2, 0) is 13.6 Å². The summed E-state index contributed by atoms with van der Waals surface area (Å²) in [5.74, 6) is 1.74. The Balaban J connectivity index is 1.85. The topological polar surface area (TPSA) is 34.0 Å². The molecule has 0 spiro atoms. The van der Waals surface area contributed by atoms with Crippen molar-refractivity contribution in [3.8, 4) is 11.4 Å². The van der Waals surface area contributed by atoms with Crippen LogP contribution in [0.1, 0.15) is 5.56 Å². The molecule has 0 radical (unpaired) electrons. The molecule has 0 unspecified atom stereocenters. The van der Waals surface area contributed by atoms with Gasteiger partial charge in [0.05, 0.1) is 0 Å². The van der Waals surface area contributed by atoms with Gasteiger partial charge in [-0.15, -0.1) is 10.2 Å². The van der Waals surface area contributed by atoms with Gasteiger partial charge in [-0.25, -0.2) is 0 Å². The average Bonchev–Trinajstić information content (AvgIpc) is 2.91. The van der Waals surface area contributed by atoms with Gasteiger partial charge in [-0.3, -0.25) is 4.57 Å². The van der Waals surface area contributed by atoms with E-state index < -0.39 is 0 Å². The smallest absolute Gasteiger partial charge is 0.227 e. The molecule has 4 nitrogen and oxygen atoms in total. The molecule has 0 aliphatic rings. The zero-order chi connectivity index (χ0) is 14.7. The molecule has 106 valence electrons. The van der Waals surface area contributed by atoms with E-state index >= 15 is 0 Å². The van der Waals surface area contributed by atoms with Crippen LogP contribution in [0.3, 0.4) is 0 Å². The lowest BCUT2D eigenvalue weighted by atomic mass is 10.2. The van der Waals surface area contributed by atoms with Crippen molar-refractivity contribution in [2.75, 3.05) is 11.9 Å². The van der Waals surface area contributed by atoms with E-state index in [2.05, 4.69) is 39.4 Å². The normalized spacial score (nSPS) is 10.6. The van der Waals surface area contributed by atoms with E-state index in [4.69, 9.17) is 0 Å². The predicted molar refractivity (Wildman–Crippen MR) is 85.0 cm³/mol. The lowest BCUT2D eigenvalue weighted by Gasteiger charge is -2.17. The molecule has 0 fully saturated rings. The molecule has 21 heavy (non-hydrogen) atoms. The first-order valence-corrected chi connectivity index (χ1v) is 6.95. The summed E-state index contributed by atoms with van der Waals surface area (Å²) in [6, 6.07) is 20.5. The highest BCUT2D eigenvalue weighted by Gasteiger charge is 2.13. The standard InChI is InChI=1S/C17H18N4/c1-20(13-14-9-5-3-6-10-14)17-19-18-16(21(17)2)15-11-7-4-8-12-15/h3-12H,13H2,1-2H3. The molecule has 1 aromatic heterocycles. The Kier molecular flexibility index (Phi) is 3.69. The lowest BCUT2D eigenvalue weighted by Crippen LogP contribution is -2.20. The fourth-order valence-electron chi connectivity index (χ4n) is 2.42. The summed E-state index contributed by atoms with van der Waals surface area (Å²) in [6.07, 6.45) is 0. The number of benzene rings is 2. The van der Waals surface area contributed by atoms with Crippen LogP contribution in [0.25, 0.3) is 11.4 Å². The molecular weight excluding hydrogens is 260 g/mol. The fraction of sp³-hybridized carbons (Fsp3) is 0.176. The highest BCUT2D eigenvalue weighted by molar-refractivity contribution is 5.57. The van der Waals surface area contributed by atoms with E-state index in [1.54, 1.807) is 0 Å². The van der Waals surface area contributed by atoms with Gasteiger partial charge < -0.3 is 4.90 Å². The summed E-state index contributed by atoms with van der Waals surface area (Å²) in [5.41, 5.74) is 2.33. The van der Waals surface area contributed by atoms with E-state index in [1.807, 2.05) is 55.1 Å². The van der Waals surface area contributed by atoms with Crippen LogP contribution in [-0.4, -0.2) is 21.8 Å². The fourth-order valence-corrected chi connectivity index (χ4v) is 2.42. The van der Waals surface area contributed by atoms with Crippen LogP contribution in [0.15, 0.2) is 60.7 Å². The summed E-state index contributed by atoms with van der Waals surface area (Å²) in [6.45, 7) is 0.807. The Morgan fingerprint density at radius 2 is 1.52 bits per heavy atom. The minimum absolute atomic E-state index is 0.807. The number of anilines is 1. The second-order valence-electron chi connectivity index (χ2n) is 5.09. The Hall–Kier alpha value is -2.62. The minimum atomic E-state index is 0.807. The van der Waals surface area contributed by atoms with Gasteiger partial charge in [-0.1, -0.05) is 60.7 Å². The Bertz CT molecular complexity index is 704. The number of aromatic nitrogens is 3. The summed E-state index contributed by atoms with van der Waals surface area (Å²) < 4.78 is 2.03. The summed E-state index contributed by atoms with van der Waals surface area (Å²) >= 11 is 0. The van der Waals surface area contributed by atoms with Crippen molar-refractivity contribution in [3.05, 3.63) is 66.2 Å².